The van der Waals surface area contributed by atoms with E-state index >= 15 is 0 Å². The molecule has 0 aromatic heterocycles. The van der Waals surface area contributed by atoms with Crippen molar-refractivity contribution >= 4 is 0 Å². The lowest BCUT2D eigenvalue weighted by molar-refractivity contribution is 0.229. The zero-order chi connectivity index (χ0) is 11.4. The minimum absolute atomic E-state index is 0.431. The number of nitrogens with two attached hydrogens (primary N) is 1. The standard InChI is InChI=1S/C14H28N2/c1-14(8-3-2-4-9-14)16-11-13-7-5-6-12(13)10-15/h12-13,16H,2-11,15H2,1H3. The molecular formula is C14H28N2. The van der Waals surface area contributed by atoms with E-state index in [-0.39, 0.29) is 0 Å². The third-order valence-electron chi connectivity index (χ3n) is 4.87. The zero-order valence-electron chi connectivity index (χ0n) is 10.8. The molecule has 0 saturated heterocycles. The first-order valence-electron chi connectivity index (χ1n) is 7.19. The highest BCUT2D eigenvalue weighted by Gasteiger charge is 2.30. The lowest BCUT2D eigenvalue weighted by Crippen LogP contribution is -2.46. The second-order valence-corrected chi connectivity index (χ2v) is 6.19. The molecule has 2 rings (SSSR count). The van der Waals surface area contributed by atoms with E-state index in [0.29, 0.717) is 5.54 Å². The molecule has 94 valence electrons. The maximum atomic E-state index is 5.84. The Bertz CT molecular complexity index is 209. The van der Waals surface area contributed by atoms with Crippen LogP contribution in [0.1, 0.15) is 58.3 Å². The summed E-state index contributed by atoms with van der Waals surface area (Å²) in [5, 5.41) is 3.85. The third-order valence-corrected chi connectivity index (χ3v) is 4.87. The largest absolute Gasteiger partial charge is 0.330 e. The van der Waals surface area contributed by atoms with E-state index in [0.717, 1.165) is 18.4 Å². The predicted octanol–water partition coefficient (Wildman–Crippen LogP) is 2.67. The van der Waals surface area contributed by atoms with Gasteiger partial charge in [-0.15, -0.1) is 0 Å². The summed E-state index contributed by atoms with van der Waals surface area (Å²) in [6, 6.07) is 0. The summed E-state index contributed by atoms with van der Waals surface area (Å²) in [4.78, 5) is 0. The van der Waals surface area contributed by atoms with E-state index in [1.165, 1.54) is 57.9 Å². The Morgan fingerprint density at radius 1 is 1.06 bits per heavy atom. The lowest BCUT2D eigenvalue weighted by Gasteiger charge is -2.36. The number of nitrogens with one attached hydrogen (secondary N) is 1. The van der Waals surface area contributed by atoms with E-state index in [1.54, 1.807) is 0 Å². The highest BCUT2D eigenvalue weighted by atomic mass is 15.0. The van der Waals surface area contributed by atoms with E-state index in [2.05, 4.69) is 12.2 Å². The van der Waals surface area contributed by atoms with Gasteiger partial charge in [-0.1, -0.05) is 25.7 Å². The summed E-state index contributed by atoms with van der Waals surface area (Å²) in [6.45, 7) is 4.51. The van der Waals surface area contributed by atoms with Crippen LogP contribution in [0, 0.1) is 11.8 Å². The smallest absolute Gasteiger partial charge is 0.0153 e. The fraction of sp³-hybridized carbons (Fsp3) is 1.00. The Morgan fingerprint density at radius 2 is 1.75 bits per heavy atom. The van der Waals surface area contributed by atoms with Crippen LogP contribution >= 0.6 is 0 Å². The molecule has 0 heterocycles. The van der Waals surface area contributed by atoms with Crippen LogP contribution in [0.2, 0.25) is 0 Å². The van der Waals surface area contributed by atoms with Gasteiger partial charge >= 0.3 is 0 Å². The van der Waals surface area contributed by atoms with Crippen molar-refractivity contribution < 1.29 is 0 Å². The third kappa shape index (κ3) is 2.98. The maximum absolute atomic E-state index is 5.84. The van der Waals surface area contributed by atoms with Crippen molar-refractivity contribution in [3.63, 3.8) is 0 Å². The average Bonchev–Trinajstić information content (AvgIpc) is 2.75. The first-order chi connectivity index (χ1) is 7.73. The van der Waals surface area contributed by atoms with Crippen LogP contribution in [0.5, 0.6) is 0 Å². The molecule has 0 radical (unpaired) electrons. The van der Waals surface area contributed by atoms with Crippen molar-refractivity contribution in [2.75, 3.05) is 13.1 Å². The fourth-order valence-corrected chi connectivity index (χ4v) is 3.58. The average molecular weight is 224 g/mol. The molecule has 2 atom stereocenters. The summed E-state index contributed by atoms with van der Waals surface area (Å²) < 4.78 is 0. The van der Waals surface area contributed by atoms with Gasteiger partial charge in [0.25, 0.3) is 0 Å². The fourth-order valence-electron chi connectivity index (χ4n) is 3.58. The van der Waals surface area contributed by atoms with Gasteiger partial charge in [0.05, 0.1) is 0 Å². The molecule has 2 aliphatic carbocycles. The number of rotatable bonds is 4. The first kappa shape index (κ1) is 12.4. The molecule has 2 saturated carbocycles. The molecular weight excluding hydrogens is 196 g/mol. The van der Waals surface area contributed by atoms with Crippen LogP contribution in [0.3, 0.4) is 0 Å². The Kier molecular flexibility index (Phi) is 4.26. The van der Waals surface area contributed by atoms with Gasteiger partial charge < -0.3 is 11.1 Å². The van der Waals surface area contributed by atoms with Crippen LogP contribution in [0.25, 0.3) is 0 Å². The van der Waals surface area contributed by atoms with E-state index in [9.17, 15) is 0 Å². The Hall–Kier alpha value is -0.0800. The number of hydrogen-bond donors (Lipinski definition) is 2. The van der Waals surface area contributed by atoms with Gasteiger partial charge in [-0.25, -0.2) is 0 Å². The Labute approximate surface area is 100 Å². The molecule has 0 aliphatic heterocycles. The van der Waals surface area contributed by atoms with Crippen molar-refractivity contribution in [2.24, 2.45) is 17.6 Å². The molecule has 0 aromatic rings. The molecule has 0 bridgehead atoms. The summed E-state index contributed by atoms with van der Waals surface area (Å²) in [5.74, 6) is 1.64. The first-order valence-corrected chi connectivity index (χ1v) is 7.19. The molecule has 2 aliphatic rings. The molecule has 2 heteroatoms. The highest BCUT2D eigenvalue weighted by Crippen LogP contribution is 2.32. The zero-order valence-corrected chi connectivity index (χ0v) is 10.8. The van der Waals surface area contributed by atoms with Crippen molar-refractivity contribution in [3.8, 4) is 0 Å². The van der Waals surface area contributed by atoms with Crippen LogP contribution in [0.4, 0.5) is 0 Å². The molecule has 0 aromatic carbocycles. The SMILES string of the molecule is CC1(NCC2CCCC2CN)CCCCC1. The molecule has 16 heavy (non-hydrogen) atoms. The number of hydrogen-bond acceptors (Lipinski definition) is 2. The maximum Gasteiger partial charge on any atom is 0.0153 e. The summed E-state index contributed by atoms with van der Waals surface area (Å²) >= 11 is 0. The second kappa shape index (κ2) is 5.50. The van der Waals surface area contributed by atoms with E-state index in [4.69, 9.17) is 5.73 Å². The topological polar surface area (TPSA) is 38.0 Å². The van der Waals surface area contributed by atoms with Crippen LogP contribution in [0.15, 0.2) is 0 Å². The van der Waals surface area contributed by atoms with Crippen molar-refractivity contribution in [3.05, 3.63) is 0 Å². The van der Waals surface area contributed by atoms with E-state index < -0.39 is 0 Å². The van der Waals surface area contributed by atoms with Crippen molar-refractivity contribution in [1.82, 2.24) is 5.32 Å². The predicted molar refractivity (Wildman–Crippen MR) is 69.4 cm³/mol. The molecule has 0 amide bonds. The van der Waals surface area contributed by atoms with Crippen molar-refractivity contribution in [2.45, 2.75) is 63.8 Å². The molecule has 3 N–H and O–H groups in total. The van der Waals surface area contributed by atoms with Crippen LogP contribution in [-0.4, -0.2) is 18.6 Å². The van der Waals surface area contributed by atoms with Gasteiger partial charge in [-0.3, -0.25) is 0 Å². The van der Waals surface area contributed by atoms with Gasteiger partial charge in [0.15, 0.2) is 0 Å². The minimum Gasteiger partial charge on any atom is -0.330 e. The van der Waals surface area contributed by atoms with Gasteiger partial charge in [-0.2, -0.15) is 0 Å². The van der Waals surface area contributed by atoms with Gasteiger partial charge in [-0.05, 0) is 57.5 Å². The second-order valence-electron chi connectivity index (χ2n) is 6.19. The van der Waals surface area contributed by atoms with Gasteiger partial charge in [0, 0.05) is 5.54 Å². The molecule has 2 nitrogen and oxygen atoms in total. The monoisotopic (exact) mass is 224 g/mol. The quantitative estimate of drug-likeness (QED) is 0.770. The van der Waals surface area contributed by atoms with Gasteiger partial charge in [0.2, 0.25) is 0 Å². The molecule has 2 fully saturated rings. The van der Waals surface area contributed by atoms with Crippen LogP contribution < -0.4 is 11.1 Å². The van der Waals surface area contributed by atoms with Crippen LogP contribution in [-0.2, 0) is 0 Å². The van der Waals surface area contributed by atoms with Gasteiger partial charge in [0.1, 0.15) is 0 Å². The Balaban J connectivity index is 1.77. The normalized spacial score (nSPS) is 34.1. The van der Waals surface area contributed by atoms with E-state index in [1.807, 2.05) is 0 Å². The summed E-state index contributed by atoms with van der Waals surface area (Å²) in [5.41, 5.74) is 6.27. The Morgan fingerprint density at radius 3 is 2.44 bits per heavy atom. The lowest BCUT2D eigenvalue weighted by atomic mass is 9.82. The molecule has 2 unspecified atom stereocenters. The minimum atomic E-state index is 0.431. The summed E-state index contributed by atoms with van der Waals surface area (Å²) in [6.07, 6.45) is 11.1. The summed E-state index contributed by atoms with van der Waals surface area (Å²) in [7, 11) is 0. The van der Waals surface area contributed by atoms with Crippen molar-refractivity contribution in [1.29, 1.82) is 0 Å². The molecule has 0 spiro atoms. The highest BCUT2D eigenvalue weighted by molar-refractivity contribution is 4.89.